The summed E-state index contributed by atoms with van der Waals surface area (Å²) in [5.41, 5.74) is 2.45. The van der Waals surface area contributed by atoms with Gasteiger partial charge in [-0.05, 0) is 55.2 Å². The smallest absolute Gasteiger partial charge is 0.256 e. The largest absolute Gasteiger partial charge is 0.377 e. The Hall–Kier alpha value is -2.04. The second kappa shape index (κ2) is 9.44. The molecule has 0 saturated carbocycles. The third-order valence-electron chi connectivity index (χ3n) is 5.13. The summed E-state index contributed by atoms with van der Waals surface area (Å²) in [7, 11) is 3.88. The summed E-state index contributed by atoms with van der Waals surface area (Å²) in [6.07, 6.45) is 4.80. The molecule has 2 rings (SSSR count). The summed E-state index contributed by atoms with van der Waals surface area (Å²) >= 11 is 0. The summed E-state index contributed by atoms with van der Waals surface area (Å²) in [5.74, 6) is 0.377. The van der Waals surface area contributed by atoms with E-state index in [1.807, 2.05) is 42.1 Å². The molecule has 2 amide bonds. The van der Waals surface area contributed by atoms with Crippen LogP contribution >= 0.6 is 0 Å². The Labute approximate surface area is 170 Å². The van der Waals surface area contributed by atoms with Crippen LogP contribution in [0.1, 0.15) is 70.2 Å². The number of hydrogen-bond donors (Lipinski definition) is 1. The Morgan fingerprint density at radius 1 is 1.14 bits per heavy atom. The molecule has 156 valence electrons. The van der Waals surface area contributed by atoms with Crippen molar-refractivity contribution >= 4 is 23.2 Å². The minimum atomic E-state index is 0.00530. The molecule has 1 aliphatic heterocycles. The van der Waals surface area contributed by atoms with Gasteiger partial charge >= 0.3 is 0 Å². The summed E-state index contributed by atoms with van der Waals surface area (Å²) in [6, 6.07) is 5.64. The van der Waals surface area contributed by atoms with Crippen LogP contribution in [0, 0.1) is 11.3 Å². The monoisotopic (exact) mass is 387 g/mol. The molecule has 1 atom stereocenters. The molecule has 1 fully saturated rings. The van der Waals surface area contributed by atoms with Crippen molar-refractivity contribution in [1.29, 1.82) is 0 Å². The number of carbonyl (C=O) groups excluding carboxylic acids is 2. The highest BCUT2D eigenvalue weighted by Crippen LogP contribution is 2.28. The number of amides is 2. The molecule has 1 aromatic rings. The van der Waals surface area contributed by atoms with Crippen molar-refractivity contribution < 1.29 is 9.59 Å². The van der Waals surface area contributed by atoms with Gasteiger partial charge in [-0.25, -0.2) is 0 Å². The van der Waals surface area contributed by atoms with Crippen molar-refractivity contribution in [2.24, 2.45) is 11.3 Å². The number of hydrogen-bond acceptors (Lipinski definition) is 3. The van der Waals surface area contributed by atoms with Crippen LogP contribution in [0.5, 0.6) is 0 Å². The number of benzene rings is 1. The first-order chi connectivity index (χ1) is 13.1. The summed E-state index contributed by atoms with van der Waals surface area (Å²) < 4.78 is 0. The van der Waals surface area contributed by atoms with E-state index in [4.69, 9.17) is 0 Å². The predicted molar refractivity (Wildman–Crippen MR) is 117 cm³/mol. The van der Waals surface area contributed by atoms with Crippen molar-refractivity contribution in [2.45, 2.75) is 59.8 Å². The standard InChI is InChI=1S/C23H37N3O2/c1-17(16-23(2,3)4)14-21(27)24-18-10-11-20(25(5)6)19(15-18)22(28)26-12-8-7-9-13-26/h10-11,15,17H,7-9,12-14,16H2,1-6H3,(H,24,27). The quantitative estimate of drug-likeness (QED) is 0.764. The van der Waals surface area contributed by atoms with E-state index >= 15 is 0 Å². The predicted octanol–water partition coefficient (Wildman–Crippen LogP) is 4.78. The highest BCUT2D eigenvalue weighted by Gasteiger charge is 2.23. The van der Waals surface area contributed by atoms with E-state index in [2.05, 4.69) is 33.0 Å². The molecule has 1 aliphatic rings. The van der Waals surface area contributed by atoms with Crippen LogP contribution in [-0.4, -0.2) is 43.9 Å². The molecule has 5 nitrogen and oxygen atoms in total. The highest BCUT2D eigenvalue weighted by molar-refractivity contribution is 6.02. The van der Waals surface area contributed by atoms with Crippen LogP contribution in [-0.2, 0) is 4.79 Å². The zero-order valence-corrected chi connectivity index (χ0v) is 18.5. The molecule has 1 saturated heterocycles. The van der Waals surface area contributed by atoms with Crippen molar-refractivity contribution in [3.8, 4) is 0 Å². The minimum absolute atomic E-state index is 0.00530. The Balaban J connectivity index is 2.13. The van der Waals surface area contributed by atoms with E-state index < -0.39 is 0 Å². The molecule has 0 spiro atoms. The van der Waals surface area contributed by atoms with Gasteiger partial charge in [0.05, 0.1) is 5.56 Å². The van der Waals surface area contributed by atoms with Crippen LogP contribution in [0.2, 0.25) is 0 Å². The fourth-order valence-corrected chi connectivity index (χ4v) is 4.09. The summed E-state index contributed by atoms with van der Waals surface area (Å²) in [5, 5.41) is 2.99. The van der Waals surface area contributed by atoms with E-state index in [0.29, 0.717) is 23.6 Å². The number of anilines is 2. The van der Waals surface area contributed by atoms with Crippen molar-refractivity contribution in [1.82, 2.24) is 4.90 Å². The molecule has 0 aromatic heterocycles. The fraction of sp³-hybridized carbons (Fsp3) is 0.652. The van der Waals surface area contributed by atoms with Crippen LogP contribution in [0.15, 0.2) is 18.2 Å². The molecule has 1 heterocycles. The highest BCUT2D eigenvalue weighted by atomic mass is 16.2. The maximum Gasteiger partial charge on any atom is 0.256 e. The number of likely N-dealkylation sites (tertiary alicyclic amines) is 1. The number of nitrogens with zero attached hydrogens (tertiary/aromatic N) is 2. The second-order valence-electron chi connectivity index (χ2n) is 9.60. The van der Waals surface area contributed by atoms with E-state index in [1.54, 1.807) is 0 Å². The number of nitrogens with one attached hydrogen (secondary N) is 1. The van der Waals surface area contributed by atoms with Gasteiger partial charge in [-0.15, -0.1) is 0 Å². The lowest BCUT2D eigenvalue weighted by atomic mass is 9.84. The molecule has 1 N–H and O–H groups in total. The van der Waals surface area contributed by atoms with E-state index in [-0.39, 0.29) is 17.2 Å². The summed E-state index contributed by atoms with van der Waals surface area (Å²) in [4.78, 5) is 29.5. The Kier molecular flexibility index (Phi) is 7.50. The second-order valence-corrected chi connectivity index (χ2v) is 9.60. The summed E-state index contributed by atoms with van der Waals surface area (Å²) in [6.45, 7) is 10.3. The molecule has 0 radical (unpaired) electrons. The number of carbonyl (C=O) groups is 2. The van der Waals surface area contributed by atoms with Crippen LogP contribution in [0.25, 0.3) is 0 Å². The van der Waals surface area contributed by atoms with Gasteiger partial charge in [0.2, 0.25) is 5.91 Å². The number of piperidine rings is 1. The Morgan fingerprint density at radius 3 is 2.36 bits per heavy atom. The maximum absolute atomic E-state index is 13.1. The zero-order valence-electron chi connectivity index (χ0n) is 18.5. The third-order valence-corrected chi connectivity index (χ3v) is 5.13. The molecule has 5 heteroatoms. The van der Waals surface area contributed by atoms with Gasteiger partial charge in [-0.3, -0.25) is 9.59 Å². The van der Waals surface area contributed by atoms with Gasteiger partial charge in [-0.2, -0.15) is 0 Å². The Morgan fingerprint density at radius 2 is 1.79 bits per heavy atom. The zero-order chi connectivity index (χ0) is 20.9. The first-order valence-electron chi connectivity index (χ1n) is 10.5. The van der Waals surface area contributed by atoms with Gasteiger partial charge < -0.3 is 15.1 Å². The van der Waals surface area contributed by atoms with Gasteiger partial charge in [0.15, 0.2) is 0 Å². The first kappa shape index (κ1) is 22.3. The van der Waals surface area contributed by atoms with Crippen molar-refractivity contribution in [3.05, 3.63) is 23.8 Å². The SMILES string of the molecule is CC(CC(=O)Nc1ccc(N(C)C)c(C(=O)N2CCCCC2)c1)CC(C)(C)C. The lowest BCUT2D eigenvalue weighted by molar-refractivity contribution is -0.117. The Bertz CT molecular complexity index is 686. The molecule has 0 bridgehead atoms. The molecule has 0 aliphatic carbocycles. The van der Waals surface area contributed by atoms with Gasteiger partial charge in [-0.1, -0.05) is 27.7 Å². The van der Waals surface area contributed by atoms with Gasteiger partial charge in [0.25, 0.3) is 5.91 Å². The normalized spacial score (nSPS) is 15.9. The average molecular weight is 388 g/mol. The lowest BCUT2D eigenvalue weighted by Crippen LogP contribution is -2.36. The average Bonchev–Trinajstić information content (AvgIpc) is 2.59. The first-order valence-corrected chi connectivity index (χ1v) is 10.5. The van der Waals surface area contributed by atoms with Crippen LogP contribution in [0.3, 0.4) is 0 Å². The van der Waals surface area contributed by atoms with Gasteiger partial charge in [0, 0.05) is 45.0 Å². The van der Waals surface area contributed by atoms with E-state index in [9.17, 15) is 9.59 Å². The maximum atomic E-state index is 13.1. The molecular formula is C23H37N3O2. The van der Waals surface area contributed by atoms with Crippen molar-refractivity contribution in [2.75, 3.05) is 37.4 Å². The topological polar surface area (TPSA) is 52.7 Å². The van der Waals surface area contributed by atoms with Crippen LogP contribution < -0.4 is 10.2 Å². The van der Waals surface area contributed by atoms with Crippen LogP contribution in [0.4, 0.5) is 11.4 Å². The fourth-order valence-electron chi connectivity index (χ4n) is 4.09. The van der Waals surface area contributed by atoms with E-state index in [0.717, 1.165) is 38.0 Å². The van der Waals surface area contributed by atoms with E-state index in [1.165, 1.54) is 6.42 Å². The van der Waals surface area contributed by atoms with Gasteiger partial charge in [0.1, 0.15) is 0 Å². The minimum Gasteiger partial charge on any atom is -0.377 e. The third kappa shape index (κ3) is 6.54. The lowest BCUT2D eigenvalue weighted by Gasteiger charge is -2.28. The molecule has 1 aromatic carbocycles. The van der Waals surface area contributed by atoms with Crippen molar-refractivity contribution in [3.63, 3.8) is 0 Å². The number of rotatable bonds is 6. The molecular weight excluding hydrogens is 350 g/mol. The molecule has 1 unspecified atom stereocenters. The molecule has 28 heavy (non-hydrogen) atoms.